The fourth-order valence-corrected chi connectivity index (χ4v) is 2.32. The quantitative estimate of drug-likeness (QED) is 0.643. The van der Waals surface area contributed by atoms with Crippen molar-refractivity contribution in [1.29, 1.82) is 0 Å². The first-order chi connectivity index (χ1) is 11.9. The Balaban J connectivity index is 0.00000182. The van der Waals surface area contributed by atoms with Crippen LogP contribution in [-0.4, -0.2) is 20.7 Å². The minimum absolute atomic E-state index is 0. The number of nitrogens with one attached hydrogen (secondary N) is 1. The average Bonchev–Trinajstić information content (AvgIpc) is 2.70. The summed E-state index contributed by atoms with van der Waals surface area (Å²) in [6, 6.07) is 17.2. The number of hydrogen-bond acceptors (Lipinski definition) is 6. The molecule has 0 saturated carbocycles. The number of allylic oxidation sites excluding steroid dienone is 1. The van der Waals surface area contributed by atoms with Gasteiger partial charge in [0.1, 0.15) is 5.71 Å². The number of anilines is 1. The van der Waals surface area contributed by atoms with Gasteiger partial charge in [-0.25, -0.2) is 4.98 Å². The van der Waals surface area contributed by atoms with Crippen LogP contribution >= 0.6 is 0 Å². The molecule has 4 heterocycles. The van der Waals surface area contributed by atoms with Crippen LogP contribution in [0, 0.1) is 49.4 Å². The molecule has 1 aliphatic heterocycles. The first-order valence-electron chi connectivity index (χ1n) is 7.51. The Bertz CT molecular complexity index is 881. The molecule has 4 rings (SSSR count). The second kappa shape index (κ2) is 8.42. The smallest absolute Gasteiger partial charge is 0.172 e. The summed E-state index contributed by atoms with van der Waals surface area (Å²) >= 11 is 0. The van der Waals surface area contributed by atoms with Gasteiger partial charge in [-0.3, -0.25) is 15.4 Å². The maximum Gasteiger partial charge on any atom is 0.172 e. The Morgan fingerprint density at radius 1 is 0.720 bits per heavy atom. The van der Waals surface area contributed by atoms with E-state index in [2.05, 4.69) is 25.5 Å². The van der Waals surface area contributed by atoms with Gasteiger partial charge in [-0.2, -0.15) is 5.12 Å². The molecule has 25 heavy (non-hydrogen) atoms. The van der Waals surface area contributed by atoms with Crippen molar-refractivity contribution in [3.63, 3.8) is 0 Å². The van der Waals surface area contributed by atoms with E-state index < -0.39 is 0 Å². The van der Waals surface area contributed by atoms with Crippen LogP contribution in [0.15, 0.2) is 84.4 Å². The second-order valence-electron chi connectivity index (χ2n) is 5.08. The monoisotopic (exact) mass is 467 g/mol. The molecule has 0 amide bonds. The van der Waals surface area contributed by atoms with Crippen LogP contribution in [0.5, 0.6) is 0 Å². The van der Waals surface area contributed by atoms with Crippen molar-refractivity contribution in [3.05, 3.63) is 90.7 Å². The third-order valence-electron chi connectivity index (χ3n) is 3.45. The molecular formula is C18H14EuN6. The van der Waals surface area contributed by atoms with E-state index in [0.29, 0.717) is 5.82 Å². The predicted molar refractivity (Wildman–Crippen MR) is 92.8 cm³/mol. The first-order valence-corrected chi connectivity index (χ1v) is 7.51. The third kappa shape index (κ3) is 4.18. The zero-order chi connectivity index (χ0) is 16.2. The second-order valence-corrected chi connectivity index (χ2v) is 5.08. The van der Waals surface area contributed by atoms with Crippen LogP contribution in [0.3, 0.4) is 0 Å². The van der Waals surface area contributed by atoms with Crippen LogP contribution in [0.4, 0.5) is 5.82 Å². The fourth-order valence-electron chi connectivity index (χ4n) is 2.32. The van der Waals surface area contributed by atoms with Gasteiger partial charge in [-0.05, 0) is 42.5 Å². The maximum atomic E-state index is 4.61. The molecule has 1 N–H and O–H groups in total. The van der Waals surface area contributed by atoms with E-state index in [-0.39, 0.29) is 49.4 Å². The van der Waals surface area contributed by atoms with Crippen molar-refractivity contribution in [2.45, 2.75) is 0 Å². The van der Waals surface area contributed by atoms with Gasteiger partial charge >= 0.3 is 0 Å². The van der Waals surface area contributed by atoms with Crippen LogP contribution in [0.2, 0.25) is 0 Å². The van der Waals surface area contributed by atoms with E-state index in [4.69, 9.17) is 0 Å². The summed E-state index contributed by atoms with van der Waals surface area (Å²) in [7, 11) is 0. The molecule has 123 valence electrons. The summed E-state index contributed by atoms with van der Waals surface area (Å²) in [4.78, 5) is 13.1. The Hall–Kier alpha value is -1.96. The van der Waals surface area contributed by atoms with Gasteiger partial charge in [0.05, 0.1) is 17.1 Å². The van der Waals surface area contributed by atoms with Gasteiger partial charge in [0.15, 0.2) is 5.82 Å². The van der Waals surface area contributed by atoms with Gasteiger partial charge in [0.25, 0.3) is 0 Å². The number of nitrogens with zero attached hydrogens (tertiary/aromatic N) is 5. The van der Waals surface area contributed by atoms with Crippen molar-refractivity contribution in [2.75, 3.05) is 5.12 Å². The summed E-state index contributed by atoms with van der Waals surface area (Å²) in [5.41, 5.74) is 6.41. The molecule has 7 heteroatoms. The van der Waals surface area contributed by atoms with Crippen LogP contribution in [0.25, 0.3) is 5.70 Å². The molecule has 0 spiro atoms. The number of hydrogen-bond donors (Lipinski definition) is 1. The number of hydrazone groups is 1. The van der Waals surface area contributed by atoms with Crippen molar-refractivity contribution in [1.82, 2.24) is 20.4 Å². The fraction of sp³-hybridized carbons (Fsp3) is 0. The SMILES string of the molecule is C1=C(c2ccccn2)NN(c2ccccn2)N=C1c1ccccn1.[Eu]. The molecule has 3 aromatic heterocycles. The van der Waals surface area contributed by atoms with Crippen molar-refractivity contribution < 1.29 is 49.4 Å². The number of rotatable bonds is 3. The summed E-state index contributed by atoms with van der Waals surface area (Å²) in [6.45, 7) is 0. The van der Waals surface area contributed by atoms with E-state index in [0.717, 1.165) is 22.8 Å². The van der Waals surface area contributed by atoms with Gasteiger partial charge < -0.3 is 0 Å². The minimum Gasteiger partial charge on any atom is -0.274 e. The molecule has 0 unspecified atom stereocenters. The van der Waals surface area contributed by atoms with Crippen molar-refractivity contribution in [2.24, 2.45) is 5.10 Å². The summed E-state index contributed by atoms with van der Waals surface area (Å²) in [6.07, 6.45) is 7.17. The average molecular weight is 466 g/mol. The first kappa shape index (κ1) is 17.9. The molecule has 0 saturated heterocycles. The van der Waals surface area contributed by atoms with Gasteiger partial charge in [-0.15, -0.1) is 5.10 Å². The molecular weight excluding hydrogens is 452 g/mol. The molecule has 3 aromatic rings. The molecule has 0 fully saturated rings. The van der Waals surface area contributed by atoms with Crippen LogP contribution in [-0.2, 0) is 0 Å². The van der Waals surface area contributed by atoms with Gasteiger partial charge in [-0.1, -0.05) is 18.2 Å². The number of hydrazine groups is 1. The van der Waals surface area contributed by atoms with E-state index >= 15 is 0 Å². The minimum atomic E-state index is 0. The Labute approximate surface area is 186 Å². The van der Waals surface area contributed by atoms with Gasteiger partial charge in [0, 0.05) is 68.0 Å². The molecule has 0 aromatic carbocycles. The Morgan fingerprint density at radius 3 is 1.96 bits per heavy atom. The van der Waals surface area contributed by atoms with E-state index in [1.165, 1.54) is 0 Å². The normalized spacial score (nSPS) is 13.2. The van der Waals surface area contributed by atoms with Gasteiger partial charge in [0.2, 0.25) is 0 Å². The standard InChI is InChI=1S/C18H14N6.Eu/c1-4-10-19-14(7-1)16-13-17(15-8-2-5-11-20-15)23-24(22-16)18-9-3-6-12-21-18;/h1-13,22H;. The maximum absolute atomic E-state index is 4.61. The van der Waals surface area contributed by atoms with Crippen molar-refractivity contribution >= 4 is 17.2 Å². The van der Waals surface area contributed by atoms with E-state index in [1.54, 1.807) is 23.7 Å². The summed E-state index contributed by atoms with van der Waals surface area (Å²) in [5.74, 6) is 0.687. The van der Waals surface area contributed by atoms with E-state index in [1.807, 2.05) is 60.7 Å². The molecule has 1 aliphatic rings. The summed E-state index contributed by atoms with van der Waals surface area (Å²) < 4.78 is 0. The zero-order valence-electron chi connectivity index (χ0n) is 13.1. The van der Waals surface area contributed by atoms with Crippen molar-refractivity contribution in [3.8, 4) is 0 Å². The predicted octanol–water partition coefficient (Wildman–Crippen LogP) is 2.64. The van der Waals surface area contributed by atoms with E-state index in [9.17, 15) is 0 Å². The largest absolute Gasteiger partial charge is 0.274 e. The Kier molecular flexibility index (Phi) is 6.02. The molecule has 1 radical (unpaired) electrons. The Morgan fingerprint density at radius 2 is 1.36 bits per heavy atom. The van der Waals surface area contributed by atoms with Crippen LogP contribution in [0.1, 0.15) is 11.4 Å². The zero-order valence-corrected chi connectivity index (χ0v) is 15.5. The molecule has 0 atom stereocenters. The molecule has 0 aliphatic carbocycles. The topological polar surface area (TPSA) is 66.3 Å². The molecule has 6 nitrogen and oxygen atoms in total. The summed E-state index contributed by atoms with van der Waals surface area (Å²) in [5, 5.41) is 6.24. The number of aromatic nitrogens is 3. The number of pyridine rings is 3. The molecule has 0 bridgehead atoms. The third-order valence-corrected chi connectivity index (χ3v) is 3.45. The van der Waals surface area contributed by atoms with Crippen LogP contribution < -0.4 is 10.5 Å².